The van der Waals surface area contributed by atoms with Crippen LogP contribution in [0.5, 0.6) is 0 Å². The third kappa shape index (κ3) is 16.5. The molecule has 0 N–H and O–H groups in total. The molecule has 0 heterocycles. The summed E-state index contributed by atoms with van der Waals surface area (Å²) in [5, 5.41) is 0. The van der Waals surface area contributed by atoms with Gasteiger partial charge in [-0.15, -0.1) is 0 Å². The summed E-state index contributed by atoms with van der Waals surface area (Å²) >= 11 is 0. The van der Waals surface area contributed by atoms with Gasteiger partial charge in [0.15, 0.2) is 5.78 Å². The zero-order valence-corrected chi connectivity index (χ0v) is 13.5. The second-order valence-electron chi connectivity index (χ2n) is 3.10. The molecule has 0 unspecified atom stereocenters. The molecule has 0 bridgehead atoms. The van der Waals surface area contributed by atoms with Crippen LogP contribution in [0, 0.1) is 0 Å². The summed E-state index contributed by atoms with van der Waals surface area (Å²) in [6.45, 7) is 2.51. The van der Waals surface area contributed by atoms with Crippen LogP contribution in [0.1, 0.15) is 6.92 Å². The van der Waals surface area contributed by atoms with Gasteiger partial charge >= 0.3 is 29.6 Å². The molecule has 0 aliphatic carbocycles. The monoisotopic (exact) mass is 292 g/mol. The van der Waals surface area contributed by atoms with Crippen molar-refractivity contribution < 1.29 is 61.5 Å². The molecule has 0 spiro atoms. The van der Waals surface area contributed by atoms with Gasteiger partial charge in [0.2, 0.25) is 0 Å². The number of Topliss-reactive ketones (excluding diaryl/α,β-unsaturated/α-hetero) is 1. The summed E-state index contributed by atoms with van der Waals surface area (Å²) in [5.74, 6) is -0.948. The average Bonchev–Trinajstić information content (AvgIpc) is 2.23. The van der Waals surface area contributed by atoms with E-state index in [0.29, 0.717) is 19.8 Å². The van der Waals surface area contributed by atoms with Crippen LogP contribution >= 0.6 is 0 Å². The van der Waals surface area contributed by atoms with E-state index >= 15 is 0 Å². The quantitative estimate of drug-likeness (QED) is 0.218. The molecule has 0 amide bonds. The summed E-state index contributed by atoms with van der Waals surface area (Å²) in [7, 11) is -4.28. The van der Waals surface area contributed by atoms with Crippen LogP contribution in [0.2, 0.25) is 0 Å². The minimum absolute atomic E-state index is 0. The number of carbonyl (C=O) groups is 1. The molecule has 0 aromatic heterocycles. The predicted molar refractivity (Wildman–Crippen MR) is 57.7 cm³/mol. The first-order valence-corrected chi connectivity index (χ1v) is 6.72. The molecule has 0 aliphatic heterocycles. The van der Waals surface area contributed by atoms with Crippen molar-refractivity contribution in [3.63, 3.8) is 0 Å². The summed E-state index contributed by atoms with van der Waals surface area (Å²) in [6.07, 6.45) is 0. The normalized spacial score (nSPS) is 11.0. The molecule has 7 nitrogen and oxygen atoms in total. The van der Waals surface area contributed by atoms with Crippen LogP contribution in [-0.2, 0) is 29.1 Å². The third-order valence-electron chi connectivity index (χ3n) is 1.58. The molecule has 0 atom stereocenters. The fourth-order valence-electron chi connectivity index (χ4n) is 0.837. The van der Waals surface area contributed by atoms with E-state index in [1.807, 2.05) is 6.92 Å². The number of ether oxygens (including phenoxy) is 3. The van der Waals surface area contributed by atoms with Gasteiger partial charge in [0.1, 0.15) is 13.2 Å². The van der Waals surface area contributed by atoms with Crippen molar-refractivity contribution in [1.29, 1.82) is 0 Å². The predicted octanol–water partition coefficient (Wildman–Crippen LogP) is -3.83. The average molecular weight is 292 g/mol. The van der Waals surface area contributed by atoms with Gasteiger partial charge in [0, 0.05) is 6.61 Å². The van der Waals surface area contributed by atoms with E-state index in [2.05, 4.69) is 0 Å². The Balaban J connectivity index is 0. The van der Waals surface area contributed by atoms with Gasteiger partial charge in [-0.1, -0.05) is 0 Å². The van der Waals surface area contributed by atoms with E-state index in [4.69, 9.17) is 14.2 Å². The molecule has 0 radical (unpaired) electrons. The van der Waals surface area contributed by atoms with E-state index in [-0.39, 0.29) is 55.2 Å². The number of hydrogen-bond acceptors (Lipinski definition) is 7. The van der Waals surface area contributed by atoms with Crippen molar-refractivity contribution in [3.05, 3.63) is 0 Å². The Kier molecular flexibility index (Phi) is 14.4. The molecule has 0 saturated carbocycles. The largest absolute Gasteiger partial charge is 1.00 e. The first kappa shape index (κ1) is 20.8. The molecule has 0 aromatic rings. The Morgan fingerprint density at radius 1 is 1.06 bits per heavy atom. The Bertz CT molecular complexity index is 304. The molecule has 0 aliphatic rings. The number of hydrogen-bond donors (Lipinski definition) is 0. The van der Waals surface area contributed by atoms with Crippen molar-refractivity contribution >= 4 is 15.9 Å². The standard InChI is InChI=1S/C9H18O7S.Na/c1-2-14-3-4-15-7-9(10)8-16-5-6-17(11,12)13;/h2-8H2,1H3,(H,11,12,13);/q;+1/p-1. The minimum Gasteiger partial charge on any atom is -0.748 e. The van der Waals surface area contributed by atoms with E-state index in [1.165, 1.54) is 0 Å². The van der Waals surface area contributed by atoms with E-state index in [0.717, 1.165) is 0 Å². The Morgan fingerprint density at radius 2 is 1.56 bits per heavy atom. The molecule has 18 heavy (non-hydrogen) atoms. The zero-order chi connectivity index (χ0) is 13.1. The molecule has 0 rings (SSSR count). The Labute approximate surface area is 129 Å². The van der Waals surface area contributed by atoms with Gasteiger partial charge in [0.05, 0.1) is 35.7 Å². The smallest absolute Gasteiger partial charge is 0.748 e. The van der Waals surface area contributed by atoms with Gasteiger partial charge in [-0.2, -0.15) is 0 Å². The van der Waals surface area contributed by atoms with Crippen molar-refractivity contribution in [1.82, 2.24) is 0 Å². The maximum atomic E-state index is 11.1. The topological polar surface area (TPSA) is 102 Å². The van der Waals surface area contributed by atoms with Crippen LogP contribution < -0.4 is 29.6 Å². The SMILES string of the molecule is CCOCCOCC(=O)COCCS(=O)(=O)[O-].[Na+]. The fourth-order valence-corrected chi connectivity index (χ4v) is 1.16. The zero-order valence-electron chi connectivity index (χ0n) is 10.7. The van der Waals surface area contributed by atoms with E-state index < -0.39 is 15.9 Å². The van der Waals surface area contributed by atoms with Crippen molar-refractivity contribution in [2.45, 2.75) is 6.92 Å². The van der Waals surface area contributed by atoms with Crippen LogP contribution in [-0.4, -0.2) is 64.1 Å². The van der Waals surface area contributed by atoms with Gasteiger partial charge < -0.3 is 18.8 Å². The summed E-state index contributed by atoms with van der Waals surface area (Å²) in [5.41, 5.74) is 0. The Morgan fingerprint density at radius 3 is 2.06 bits per heavy atom. The second kappa shape index (κ2) is 12.5. The molecule has 102 valence electrons. The summed E-state index contributed by atoms with van der Waals surface area (Å²) < 4.78 is 45.2. The van der Waals surface area contributed by atoms with E-state index in [9.17, 15) is 17.8 Å². The number of rotatable bonds is 11. The third-order valence-corrected chi connectivity index (χ3v) is 2.25. The van der Waals surface area contributed by atoms with Crippen LogP contribution in [0.3, 0.4) is 0 Å². The fraction of sp³-hybridized carbons (Fsp3) is 0.889. The maximum Gasteiger partial charge on any atom is 1.00 e. The molecular weight excluding hydrogens is 275 g/mol. The van der Waals surface area contributed by atoms with Crippen molar-refractivity contribution in [2.24, 2.45) is 0 Å². The first-order chi connectivity index (χ1) is 7.95. The van der Waals surface area contributed by atoms with Crippen LogP contribution in [0.4, 0.5) is 0 Å². The van der Waals surface area contributed by atoms with Crippen molar-refractivity contribution in [2.75, 3.05) is 45.4 Å². The molecule has 9 heteroatoms. The maximum absolute atomic E-state index is 11.1. The molecule has 0 saturated heterocycles. The number of carbonyl (C=O) groups excluding carboxylic acids is 1. The minimum atomic E-state index is -4.28. The summed E-state index contributed by atoms with van der Waals surface area (Å²) in [4.78, 5) is 11.1. The Hall–Kier alpha value is 0.460. The van der Waals surface area contributed by atoms with Gasteiger partial charge in [0.25, 0.3) is 0 Å². The second-order valence-corrected chi connectivity index (χ2v) is 4.63. The molecular formula is C9H17NaO7S. The van der Waals surface area contributed by atoms with Crippen LogP contribution in [0.15, 0.2) is 0 Å². The molecule has 0 aromatic carbocycles. The van der Waals surface area contributed by atoms with Gasteiger partial charge in [-0.25, -0.2) is 8.42 Å². The molecule has 0 fully saturated rings. The van der Waals surface area contributed by atoms with Gasteiger partial charge in [-0.3, -0.25) is 4.79 Å². The van der Waals surface area contributed by atoms with Gasteiger partial charge in [-0.05, 0) is 6.92 Å². The first-order valence-electron chi connectivity index (χ1n) is 5.14. The number of ketones is 1. The van der Waals surface area contributed by atoms with E-state index in [1.54, 1.807) is 0 Å². The van der Waals surface area contributed by atoms with Crippen molar-refractivity contribution in [3.8, 4) is 0 Å². The summed E-state index contributed by atoms with van der Waals surface area (Å²) in [6, 6.07) is 0. The van der Waals surface area contributed by atoms with Crippen LogP contribution in [0.25, 0.3) is 0 Å².